The van der Waals surface area contributed by atoms with Gasteiger partial charge >= 0.3 is 0 Å². The highest BCUT2D eigenvalue weighted by Gasteiger charge is 2.29. The summed E-state index contributed by atoms with van der Waals surface area (Å²) in [6.07, 6.45) is 2.75. The van der Waals surface area contributed by atoms with Gasteiger partial charge in [-0.25, -0.2) is 0 Å². The molecule has 3 rings (SSSR count). The molecule has 0 aliphatic carbocycles. The molecule has 5 nitrogen and oxygen atoms in total. The van der Waals surface area contributed by atoms with Gasteiger partial charge in [0, 0.05) is 37.8 Å². The lowest BCUT2D eigenvalue weighted by molar-refractivity contribution is -0.136. The zero-order valence-corrected chi connectivity index (χ0v) is 16.0. The van der Waals surface area contributed by atoms with Crippen LogP contribution >= 0.6 is 0 Å². The molecule has 0 aromatic heterocycles. The second-order valence-electron chi connectivity index (χ2n) is 8.15. The summed E-state index contributed by atoms with van der Waals surface area (Å²) in [5, 5.41) is 2.98. The number of anilines is 1. The lowest BCUT2D eigenvalue weighted by Crippen LogP contribution is -2.48. The molecule has 2 atom stereocenters. The molecule has 5 heteroatoms. The van der Waals surface area contributed by atoms with Crippen molar-refractivity contribution in [2.24, 2.45) is 17.8 Å². The van der Waals surface area contributed by atoms with Gasteiger partial charge < -0.3 is 10.2 Å². The van der Waals surface area contributed by atoms with Crippen LogP contribution in [0.2, 0.25) is 0 Å². The van der Waals surface area contributed by atoms with Crippen molar-refractivity contribution >= 4 is 17.5 Å². The fraction of sp³-hybridized carbons (Fsp3) is 0.619. The Morgan fingerprint density at radius 3 is 2.27 bits per heavy atom. The minimum absolute atomic E-state index is 0.00529. The quantitative estimate of drug-likeness (QED) is 0.901. The number of piperidine rings is 2. The zero-order chi connectivity index (χ0) is 18.5. The Hall–Kier alpha value is -1.88. The molecule has 2 aliphatic heterocycles. The summed E-state index contributed by atoms with van der Waals surface area (Å²) in [5.74, 6) is 1.61. The fourth-order valence-electron chi connectivity index (χ4n) is 4.37. The van der Waals surface area contributed by atoms with E-state index in [0.29, 0.717) is 31.5 Å². The minimum Gasteiger partial charge on any atom is -0.342 e. The molecule has 0 bridgehead atoms. The van der Waals surface area contributed by atoms with Gasteiger partial charge in [-0.1, -0.05) is 32.0 Å². The first-order chi connectivity index (χ1) is 12.5. The molecule has 1 aromatic carbocycles. The maximum atomic E-state index is 12.6. The van der Waals surface area contributed by atoms with E-state index in [-0.39, 0.29) is 17.7 Å². The second-order valence-corrected chi connectivity index (χ2v) is 8.15. The van der Waals surface area contributed by atoms with Crippen molar-refractivity contribution in [2.45, 2.75) is 33.1 Å². The third-order valence-electron chi connectivity index (χ3n) is 5.56. The molecule has 26 heavy (non-hydrogen) atoms. The number of nitrogens with zero attached hydrogens (tertiary/aromatic N) is 2. The summed E-state index contributed by atoms with van der Waals surface area (Å²) < 4.78 is 0. The number of hydrogen-bond donors (Lipinski definition) is 1. The normalized spacial score (nSPS) is 25.1. The first kappa shape index (κ1) is 18.9. The van der Waals surface area contributed by atoms with E-state index in [2.05, 4.69) is 24.1 Å². The molecule has 2 heterocycles. The van der Waals surface area contributed by atoms with Crippen LogP contribution in [0.5, 0.6) is 0 Å². The van der Waals surface area contributed by atoms with Crippen molar-refractivity contribution < 1.29 is 9.59 Å². The smallest absolute Gasteiger partial charge is 0.236 e. The number of nitrogens with one attached hydrogen (secondary N) is 1. The van der Waals surface area contributed by atoms with E-state index < -0.39 is 0 Å². The third-order valence-corrected chi connectivity index (χ3v) is 5.56. The third kappa shape index (κ3) is 5.07. The van der Waals surface area contributed by atoms with Gasteiger partial charge in [0.2, 0.25) is 11.8 Å². The van der Waals surface area contributed by atoms with Crippen molar-refractivity contribution in [3.05, 3.63) is 30.3 Å². The van der Waals surface area contributed by atoms with Crippen LogP contribution in [0.4, 0.5) is 5.69 Å². The van der Waals surface area contributed by atoms with E-state index in [1.54, 1.807) is 0 Å². The predicted molar refractivity (Wildman–Crippen MR) is 104 cm³/mol. The molecule has 1 N–H and O–H groups in total. The summed E-state index contributed by atoms with van der Waals surface area (Å²) in [6, 6.07) is 9.57. The summed E-state index contributed by atoms with van der Waals surface area (Å²) in [5.41, 5.74) is 0.837. The van der Waals surface area contributed by atoms with Gasteiger partial charge in [-0.2, -0.15) is 0 Å². The Morgan fingerprint density at radius 1 is 1.04 bits per heavy atom. The van der Waals surface area contributed by atoms with Crippen LogP contribution < -0.4 is 5.32 Å². The predicted octanol–water partition coefficient (Wildman–Crippen LogP) is 2.84. The van der Waals surface area contributed by atoms with E-state index in [0.717, 1.165) is 31.6 Å². The molecule has 2 amide bonds. The molecule has 2 unspecified atom stereocenters. The van der Waals surface area contributed by atoms with E-state index in [1.807, 2.05) is 35.2 Å². The summed E-state index contributed by atoms with van der Waals surface area (Å²) in [4.78, 5) is 29.3. The molecule has 2 saturated heterocycles. The van der Waals surface area contributed by atoms with Gasteiger partial charge in [-0.15, -0.1) is 0 Å². The molecule has 0 radical (unpaired) electrons. The van der Waals surface area contributed by atoms with Gasteiger partial charge in [0.05, 0.1) is 6.54 Å². The van der Waals surface area contributed by atoms with Gasteiger partial charge in [0.1, 0.15) is 0 Å². The van der Waals surface area contributed by atoms with Gasteiger partial charge in [-0.05, 0) is 43.2 Å². The van der Waals surface area contributed by atoms with Gasteiger partial charge in [-0.3, -0.25) is 14.5 Å². The Kier molecular flexibility index (Phi) is 6.30. The second kappa shape index (κ2) is 8.67. The highest BCUT2D eigenvalue weighted by Crippen LogP contribution is 2.22. The average Bonchev–Trinajstić information content (AvgIpc) is 2.62. The van der Waals surface area contributed by atoms with E-state index in [1.165, 1.54) is 6.42 Å². The number of rotatable bonds is 4. The monoisotopic (exact) mass is 357 g/mol. The van der Waals surface area contributed by atoms with Crippen molar-refractivity contribution in [1.82, 2.24) is 9.80 Å². The molecule has 142 valence electrons. The molecule has 0 saturated carbocycles. The topological polar surface area (TPSA) is 52.7 Å². The van der Waals surface area contributed by atoms with E-state index in [9.17, 15) is 9.59 Å². The largest absolute Gasteiger partial charge is 0.342 e. The molecule has 0 spiro atoms. The van der Waals surface area contributed by atoms with Gasteiger partial charge in [0.15, 0.2) is 0 Å². The Balaban J connectivity index is 1.44. The molecular weight excluding hydrogens is 326 g/mol. The van der Waals surface area contributed by atoms with Crippen LogP contribution in [0.25, 0.3) is 0 Å². The lowest BCUT2D eigenvalue weighted by atomic mass is 9.92. The molecule has 2 fully saturated rings. The van der Waals surface area contributed by atoms with E-state index in [4.69, 9.17) is 0 Å². The maximum absolute atomic E-state index is 12.6. The lowest BCUT2D eigenvalue weighted by Gasteiger charge is -2.37. The van der Waals surface area contributed by atoms with E-state index >= 15 is 0 Å². The molecular formula is C21H31N3O2. The highest BCUT2D eigenvalue weighted by atomic mass is 16.2. The minimum atomic E-state index is -0.00529. The Morgan fingerprint density at radius 2 is 1.65 bits per heavy atom. The highest BCUT2D eigenvalue weighted by molar-refractivity contribution is 5.92. The number of amides is 2. The van der Waals surface area contributed by atoms with Crippen LogP contribution in [0, 0.1) is 17.8 Å². The van der Waals surface area contributed by atoms with Crippen molar-refractivity contribution in [3.63, 3.8) is 0 Å². The summed E-state index contributed by atoms with van der Waals surface area (Å²) in [6.45, 7) is 8.47. The van der Waals surface area contributed by atoms with Crippen molar-refractivity contribution in [1.29, 1.82) is 0 Å². The Bertz CT molecular complexity index is 601. The maximum Gasteiger partial charge on any atom is 0.236 e. The number of likely N-dealkylation sites (tertiary alicyclic amines) is 2. The Labute approximate surface area is 156 Å². The SMILES string of the molecule is CC1CC(C)CN(CC(=O)N2CCC(C(=O)Nc3ccccc3)CC2)C1. The van der Waals surface area contributed by atoms with Crippen LogP contribution in [0.1, 0.15) is 33.1 Å². The van der Waals surface area contributed by atoms with Crippen LogP contribution in [0.3, 0.4) is 0 Å². The molecule has 1 aromatic rings. The zero-order valence-electron chi connectivity index (χ0n) is 16.0. The average molecular weight is 357 g/mol. The summed E-state index contributed by atoms with van der Waals surface area (Å²) >= 11 is 0. The standard InChI is InChI=1S/C21H31N3O2/c1-16-12-17(2)14-23(13-16)15-20(25)24-10-8-18(9-11-24)21(26)22-19-6-4-3-5-7-19/h3-7,16-18H,8-15H2,1-2H3,(H,22,26). The summed E-state index contributed by atoms with van der Waals surface area (Å²) in [7, 11) is 0. The number of benzene rings is 1. The first-order valence-corrected chi connectivity index (χ1v) is 9.87. The fourth-order valence-corrected chi connectivity index (χ4v) is 4.37. The number of hydrogen-bond acceptors (Lipinski definition) is 3. The first-order valence-electron chi connectivity index (χ1n) is 9.87. The van der Waals surface area contributed by atoms with Crippen molar-refractivity contribution in [3.8, 4) is 0 Å². The van der Waals surface area contributed by atoms with Crippen LogP contribution in [-0.4, -0.2) is 54.3 Å². The number of carbonyl (C=O) groups excluding carboxylic acids is 2. The molecule has 2 aliphatic rings. The van der Waals surface area contributed by atoms with Crippen LogP contribution in [-0.2, 0) is 9.59 Å². The number of para-hydroxylation sites is 1. The number of carbonyl (C=O) groups is 2. The van der Waals surface area contributed by atoms with Gasteiger partial charge in [0.25, 0.3) is 0 Å². The van der Waals surface area contributed by atoms with Crippen LogP contribution in [0.15, 0.2) is 30.3 Å². The van der Waals surface area contributed by atoms with Crippen molar-refractivity contribution in [2.75, 3.05) is 38.0 Å².